The van der Waals surface area contributed by atoms with Gasteiger partial charge in [-0.1, -0.05) is 79.5 Å². The van der Waals surface area contributed by atoms with Gasteiger partial charge in [0.1, 0.15) is 6.61 Å². The Labute approximate surface area is 191 Å². The highest BCUT2D eigenvalue weighted by atomic mass is 35.5. The Kier molecular flexibility index (Phi) is 8.81. The maximum atomic E-state index is 6.64. The van der Waals surface area contributed by atoms with E-state index in [4.69, 9.17) is 21.1 Å². The molecule has 3 aromatic rings. The fourth-order valence-electron chi connectivity index (χ4n) is 3.65. The molecular formula is C27H32ClNO2. The molecule has 3 rings (SSSR count). The van der Waals surface area contributed by atoms with E-state index in [2.05, 4.69) is 61.6 Å². The lowest BCUT2D eigenvalue weighted by molar-refractivity contribution is 0.268. The van der Waals surface area contributed by atoms with Crippen LogP contribution in [-0.2, 0) is 13.2 Å². The van der Waals surface area contributed by atoms with E-state index in [1.54, 1.807) is 0 Å². The van der Waals surface area contributed by atoms with E-state index in [1.807, 2.05) is 31.2 Å². The van der Waals surface area contributed by atoms with E-state index in [0.717, 1.165) is 24.0 Å². The minimum atomic E-state index is 0.303. The quantitative estimate of drug-likeness (QED) is 0.342. The molecule has 0 aliphatic carbocycles. The standard InChI is InChI=1S/C27H32ClNO2/c1-4-11-25(22-13-7-6-8-14-22)29-18-21-16-24(28)27(26(17-21)30-5-2)31-19-23-15-10-9-12-20(23)3/h6-10,12-17,25,29H,4-5,11,18-19H2,1-3H3. The van der Waals surface area contributed by atoms with Gasteiger partial charge in [0, 0.05) is 12.6 Å². The largest absolute Gasteiger partial charge is 0.490 e. The Balaban J connectivity index is 1.75. The van der Waals surface area contributed by atoms with Gasteiger partial charge in [0.05, 0.1) is 11.6 Å². The van der Waals surface area contributed by atoms with Crippen LogP contribution in [-0.4, -0.2) is 6.61 Å². The number of hydrogen-bond acceptors (Lipinski definition) is 3. The summed E-state index contributed by atoms with van der Waals surface area (Å²) in [7, 11) is 0. The molecule has 0 aliphatic heterocycles. The zero-order valence-electron chi connectivity index (χ0n) is 18.7. The molecule has 0 spiro atoms. The van der Waals surface area contributed by atoms with Gasteiger partial charge in [-0.15, -0.1) is 0 Å². The van der Waals surface area contributed by atoms with Gasteiger partial charge >= 0.3 is 0 Å². The molecule has 4 heteroatoms. The molecule has 164 valence electrons. The average molecular weight is 438 g/mol. The van der Waals surface area contributed by atoms with Crippen molar-refractivity contribution in [1.29, 1.82) is 0 Å². The lowest BCUT2D eigenvalue weighted by Gasteiger charge is -2.20. The van der Waals surface area contributed by atoms with Gasteiger partial charge in [0.25, 0.3) is 0 Å². The van der Waals surface area contributed by atoms with Crippen molar-refractivity contribution in [2.45, 2.75) is 52.8 Å². The van der Waals surface area contributed by atoms with Gasteiger partial charge in [0.15, 0.2) is 11.5 Å². The molecule has 0 aliphatic rings. The van der Waals surface area contributed by atoms with Crippen molar-refractivity contribution in [1.82, 2.24) is 5.32 Å². The van der Waals surface area contributed by atoms with Crippen LogP contribution in [0.2, 0.25) is 5.02 Å². The first-order valence-electron chi connectivity index (χ1n) is 11.0. The van der Waals surface area contributed by atoms with Crippen molar-refractivity contribution in [2.75, 3.05) is 6.61 Å². The van der Waals surface area contributed by atoms with Crippen molar-refractivity contribution < 1.29 is 9.47 Å². The van der Waals surface area contributed by atoms with Crippen LogP contribution in [0.3, 0.4) is 0 Å². The summed E-state index contributed by atoms with van der Waals surface area (Å²) in [6, 6.07) is 23.1. The molecule has 1 N–H and O–H groups in total. The number of benzene rings is 3. The summed E-state index contributed by atoms with van der Waals surface area (Å²) < 4.78 is 12.0. The summed E-state index contributed by atoms with van der Waals surface area (Å²) in [5.41, 5.74) is 4.71. The summed E-state index contributed by atoms with van der Waals surface area (Å²) in [5.74, 6) is 1.29. The first kappa shape index (κ1) is 23.2. The van der Waals surface area contributed by atoms with E-state index in [1.165, 1.54) is 11.1 Å². The lowest BCUT2D eigenvalue weighted by atomic mass is 10.0. The van der Waals surface area contributed by atoms with Crippen molar-refractivity contribution >= 4 is 11.6 Å². The molecular weight excluding hydrogens is 406 g/mol. The molecule has 3 nitrogen and oxygen atoms in total. The Morgan fingerprint density at radius 1 is 0.935 bits per heavy atom. The third kappa shape index (κ3) is 6.49. The Hall–Kier alpha value is -2.49. The molecule has 31 heavy (non-hydrogen) atoms. The van der Waals surface area contributed by atoms with Crippen LogP contribution in [0.25, 0.3) is 0 Å². The van der Waals surface area contributed by atoms with E-state index in [9.17, 15) is 0 Å². The number of ether oxygens (including phenoxy) is 2. The van der Waals surface area contributed by atoms with Crippen LogP contribution in [0.5, 0.6) is 11.5 Å². The Bertz CT molecular complexity index is 959. The topological polar surface area (TPSA) is 30.5 Å². The highest BCUT2D eigenvalue weighted by molar-refractivity contribution is 6.32. The molecule has 1 atom stereocenters. The van der Waals surface area contributed by atoms with E-state index >= 15 is 0 Å². The summed E-state index contributed by atoms with van der Waals surface area (Å²) >= 11 is 6.64. The van der Waals surface area contributed by atoms with Crippen LogP contribution >= 0.6 is 11.6 Å². The summed E-state index contributed by atoms with van der Waals surface area (Å²) in [4.78, 5) is 0. The van der Waals surface area contributed by atoms with Gasteiger partial charge in [-0.05, 0) is 54.7 Å². The molecule has 1 unspecified atom stereocenters. The minimum Gasteiger partial charge on any atom is -0.490 e. The second-order valence-electron chi connectivity index (χ2n) is 7.69. The van der Waals surface area contributed by atoms with Gasteiger partial charge in [0.2, 0.25) is 0 Å². The van der Waals surface area contributed by atoms with Crippen LogP contribution in [0.15, 0.2) is 66.7 Å². The molecule has 0 aromatic heterocycles. The van der Waals surface area contributed by atoms with Gasteiger partial charge in [-0.3, -0.25) is 0 Å². The maximum absolute atomic E-state index is 6.64. The van der Waals surface area contributed by atoms with Crippen LogP contribution in [0.1, 0.15) is 55.0 Å². The fourth-order valence-corrected chi connectivity index (χ4v) is 3.94. The van der Waals surface area contributed by atoms with Crippen molar-refractivity contribution in [3.8, 4) is 11.5 Å². The minimum absolute atomic E-state index is 0.303. The number of hydrogen-bond donors (Lipinski definition) is 1. The zero-order valence-corrected chi connectivity index (χ0v) is 19.4. The average Bonchev–Trinajstić information content (AvgIpc) is 2.78. The number of rotatable bonds is 11. The molecule has 0 amide bonds. The third-order valence-corrected chi connectivity index (χ3v) is 5.62. The predicted molar refractivity (Wildman–Crippen MR) is 129 cm³/mol. The lowest BCUT2D eigenvalue weighted by Crippen LogP contribution is -2.21. The Morgan fingerprint density at radius 3 is 2.39 bits per heavy atom. The molecule has 3 aromatic carbocycles. The highest BCUT2D eigenvalue weighted by Crippen LogP contribution is 2.37. The second-order valence-corrected chi connectivity index (χ2v) is 8.09. The van der Waals surface area contributed by atoms with E-state index in [-0.39, 0.29) is 0 Å². The van der Waals surface area contributed by atoms with E-state index in [0.29, 0.717) is 42.3 Å². The molecule has 0 saturated heterocycles. The normalized spacial score (nSPS) is 11.9. The first-order valence-corrected chi connectivity index (χ1v) is 11.4. The maximum Gasteiger partial charge on any atom is 0.180 e. The van der Waals surface area contributed by atoms with Gasteiger partial charge in [-0.25, -0.2) is 0 Å². The zero-order chi connectivity index (χ0) is 22.1. The van der Waals surface area contributed by atoms with Gasteiger partial charge < -0.3 is 14.8 Å². The summed E-state index contributed by atoms with van der Waals surface area (Å²) in [5, 5.41) is 4.25. The highest BCUT2D eigenvalue weighted by Gasteiger charge is 2.15. The second kappa shape index (κ2) is 11.8. The Morgan fingerprint density at radius 2 is 1.68 bits per heavy atom. The molecule has 0 fully saturated rings. The fraction of sp³-hybridized carbons (Fsp3) is 0.333. The van der Waals surface area contributed by atoms with Crippen molar-refractivity contribution in [3.05, 3.63) is 94.0 Å². The monoisotopic (exact) mass is 437 g/mol. The van der Waals surface area contributed by atoms with Crippen molar-refractivity contribution in [2.24, 2.45) is 0 Å². The van der Waals surface area contributed by atoms with Gasteiger partial charge in [-0.2, -0.15) is 0 Å². The predicted octanol–water partition coefficient (Wildman–Crippen LogP) is 7.26. The summed E-state index contributed by atoms with van der Waals surface area (Å²) in [6.07, 6.45) is 2.19. The van der Waals surface area contributed by atoms with Crippen LogP contribution in [0, 0.1) is 6.92 Å². The number of aryl methyl sites for hydroxylation is 1. The first-order chi connectivity index (χ1) is 15.1. The SMILES string of the molecule is CCCC(NCc1cc(Cl)c(OCc2ccccc2C)c(OCC)c1)c1ccccc1. The smallest absolute Gasteiger partial charge is 0.180 e. The molecule has 0 bridgehead atoms. The number of nitrogens with one attached hydrogen (secondary N) is 1. The van der Waals surface area contributed by atoms with Crippen LogP contribution < -0.4 is 14.8 Å². The summed E-state index contributed by atoms with van der Waals surface area (Å²) in [6.45, 7) is 7.97. The number of halogens is 1. The molecule has 0 saturated carbocycles. The van der Waals surface area contributed by atoms with E-state index < -0.39 is 0 Å². The third-order valence-electron chi connectivity index (χ3n) is 5.33. The molecule has 0 radical (unpaired) electrons. The van der Waals surface area contributed by atoms with Crippen molar-refractivity contribution in [3.63, 3.8) is 0 Å². The van der Waals surface area contributed by atoms with Crippen LogP contribution in [0.4, 0.5) is 0 Å². The molecule has 0 heterocycles.